The Balaban J connectivity index is 2.30. The molecule has 6 heteroatoms. The van der Waals surface area contributed by atoms with E-state index >= 15 is 0 Å². The number of alkyl halides is 2. The van der Waals surface area contributed by atoms with Crippen LogP contribution in [0.2, 0.25) is 0 Å². The lowest BCUT2D eigenvalue weighted by Crippen LogP contribution is -2.37. The Kier molecular flexibility index (Phi) is 6.36. The summed E-state index contributed by atoms with van der Waals surface area (Å²) in [6.45, 7) is 1.01. The average Bonchev–Trinajstić information content (AvgIpc) is 2.77. The van der Waals surface area contributed by atoms with Crippen LogP contribution in [0.15, 0.2) is 0 Å². The van der Waals surface area contributed by atoms with E-state index in [9.17, 15) is 13.6 Å². The molecule has 1 aliphatic rings. The summed E-state index contributed by atoms with van der Waals surface area (Å²) < 4.78 is 24.4. The molecule has 1 fully saturated rings. The van der Waals surface area contributed by atoms with E-state index in [2.05, 4.69) is 5.32 Å². The molecule has 2 N–H and O–H groups in total. The monoisotopic (exact) mass is 250 g/mol. The fraction of sp³-hybridized carbons (Fsp3) is 0.909. The number of halogens is 2. The highest BCUT2D eigenvalue weighted by Crippen LogP contribution is 2.15. The van der Waals surface area contributed by atoms with E-state index in [4.69, 9.17) is 5.11 Å². The molecular formula is C11H20F2N2O2. The Morgan fingerprint density at radius 3 is 2.82 bits per heavy atom. The van der Waals surface area contributed by atoms with E-state index in [0.717, 1.165) is 30.8 Å². The highest BCUT2D eigenvalue weighted by Gasteiger charge is 2.20. The number of rotatable bonds is 7. The van der Waals surface area contributed by atoms with E-state index in [1.54, 1.807) is 0 Å². The molecule has 4 nitrogen and oxygen atoms in total. The van der Waals surface area contributed by atoms with Gasteiger partial charge in [0.2, 0.25) is 5.91 Å². The molecule has 1 atom stereocenters. The first-order valence-electron chi connectivity index (χ1n) is 6.01. The third-order valence-corrected chi connectivity index (χ3v) is 3.01. The Morgan fingerprint density at radius 2 is 2.29 bits per heavy atom. The van der Waals surface area contributed by atoms with Crippen molar-refractivity contribution in [1.82, 2.24) is 10.2 Å². The van der Waals surface area contributed by atoms with Crippen molar-refractivity contribution in [3.63, 3.8) is 0 Å². The molecule has 100 valence electrons. The van der Waals surface area contributed by atoms with Gasteiger partial charge in [-0.1, -0.05) is 0 Å². The summed E-state index contributed by atoms with van der Waals surface area (Å²) >= 11 is 0. The molecule has 1 unspecified atom stereocenters. The summed E-state index contributed by atoms with van der Waals surface area (Å²) in [5.74, 6) is 0.188. The van der Waals surface area contributed by atoms with Gasteiger partial charge in [-0.05, 0) is 31.8 Å². The van der Waals surface area contributed by atoms with E-state index in [0.29, 0.717) is 12.3 Å². The standard InChI is InChI=1S/C11H20F2N2O2/c12-10(13)8-15(5-6-16)11(17)2-1-9-3-4-14-7-9/h9-10,14,16H,1-8H2. The zero-order chi connectivity index (χ0) is 12.7. The van der Waals surface area contributed by atoms with Crippen molar-refractivity contribution < 1.29 is 18.7 Å². The summed E-state index contributed by atoms with van der Waals surface area (Å²) in [4.78, 5) is 12.7. The first-order valence-corrected chi connectivity index (χ1v) is 6.01. The third-order valence-electron chi connectivity index (χ3n) is 3.01. The van der Waals surface area contributed by atoms with Crippen LogP contribution in [0.4, 0.5) is 8.78 Å². The van der Waals surface area contributed by atoms with Crippen LogP contribution in [-0.2, 0) is 4.79 Å². The number of aliphatic hydroxyl groups excluding tert-OH is 1. The van der Waals surface area contributed by atoms with Crippen molar-refractivity contribution in [3.8, 4) is 0 Å². The number of nitrogens with zero attached hydrogens (tertiary/aromatic N) is 1. The third kappa shape index (κ3) is 5.41. The van der Waals surface area contributed by atoms with Crippen molar-refractivity contribution in [2.45, 2.75) is 25.7 Å². The molecule has 0 spiro atoms. The van der Waals surface area contributed by atoms with Gasteiger partial charge in [-0.2, -0.15) is 0 Å². The fourth-order valence-electron chi connectivity index (χ4n) is 2.05. The SMILES string of the molecule is O=C(CCC1CCNC1)N(CCO)CC(F)F. The number of carbonyl (C=O) groups excluding carboxylic acids is 1. The minimum Gasteiger partial charge on any atom is -0.395 e. The van der Waals surface area contributed by atoms with Crippen LogP contribution in [-0.4, -0.2) is 55.1 Å². The number of nitrogens with one attached hydrogen (secondary N) is 1. The van der Waals surface area contributed by atoms with Crippen molar-refractivity contribution >= 4 is 5.91 Å². The van der Waals surface area contributed by atoms with Crippen LogP contribution >= 0.6 is 0 Å². The van der Waals surface area contributed by atoms with Gasteiger partial charge in [-0.25, -0.2) is 8.78 Å². The topological polar surface area (TPSA) is 52.6 Å². The van der Waals surface area contributed by atoms with Crippen LogP contribution in [0.5, 0.6) is 0 Å². The lowest BCUT2D eigenvalue weighted by molar-refractivity contribution is -0.134. The van der Waals surface area contributed by atoms with Gasteiger partial charge in [0.1, 0.15) is 0 Å². The second-order valence-electron chi connectivity index (χ2n) is 4.35. The van der Waals surface area contributed by atoms with E-state index in [-0.39, 0.29) is 19.1 Å². The molecule has 1 amide bonds. The fourth-order valence-corrected chi connectivity index (χ4v) is 2.05. The van der Waals surface area contributed by atoms with Crippen LogP contribution in [0, 0.1) is 5.92 Å². The molecule has 0 radical (unpaired) electrons. The number of aliphatic hydroxyl groups is 1. The van der Waals surface area contributed by atoms with Gasteiger partial charge in [0.25, 0.3) is 6.43 Å². The summed E-state index contributed by atoms with van der Waals surface area (Å²) in [5, 5.41) is 11.9. The molecule has 0 aromatic heterocycles. The lowest BCUT2D eigenvalue weighted by atomic mass is 10.0. The Hall–Kier alpha value is -0.750. The maximum atomic E-state index is 12.2. The quantitative estimate of drug-likeness (QED) is 0.690. The molecule has 1 heterocycles. The van der Waals surface area contributed by atoms with Gasteiger partial charge in [-0.3, -0.25) is 4.79 Å². The highest BCUT2D eigenvalue weighted by molar-refractivity contribution is 5.76. The van der Waals surface area contributed by atoms with Crippen molar-refractivity contribution in [1.29, 1.82) is 0 Å². The minimum atomic E-state index is -2.54. The molecule has 0 saturated carbocycles. The number of hydrogen-bond donors (Lipinski definition) is 2. The summed E-state index contributed by atoms with van der Waals surface area (Å²) in [5.41, 5.74) is 0. The van der Waals surface area contributed by atoms with Crippen LogP contribution in [0.25, 0.3) is 0 Å². The second kappa shape index (κ2) is 7.55. The average molecular weight is 250 g/mol. The van der Waals surface area contributed by atoms with E-state index in [1.165, 1.54) is 0 Å². The van der Waals surface area contributed by atoms with Gasteiger partial charge in [0.05, 0.1) is 13.2 Å². The summed E-state index contributed by atoms with van der Waals surface area (Å²) in [7, 11) is 0. The Morgan fingerprint density at radius 1 is 1.53 bits per heavy atom. The van der Waals surface area contributed by atoms with Crippen LogP contribution in [0.3, 0.4) is 0 Å². The molecule has 1 rings (SSSR count). The summed E-state index contributed by atoms with van der Waals surface area (Å²) in [6, 6.07) is 0. The zero-order valence-corrected chi connectivity index (χ0v) is 9.87. The van der Waals surface area contributed by atoms with Crippen molar-refractivity contribution in [2.75, 3.05) is 32.8 Å². The predicted molar refractivity (Wildman–Crippen MR) is 59.9 cm³/mol. The van der Waals surface area contributed by atoms with Gasteiger partial charge >= 0.3 is 0 Å². The number of amides is 1. The highest BCUT2D eigenvalue weighted by atomic mass is 19.3. The molecule has 0 bridgehead atoms. The van der Waals surface area contributed by atoms with Crippen LogP contribution in [0.1, 0.15) is 19.3 Å². The smallest absolute Gasteiger partial charge is 0.255 e. The van der Waals surface area contributed by atoms with Gasteiger partial charge < -0.3 is 15.3 Å². The molecular weight excluding hydrogens is 230 g/mol. The lowest BCUT2D eigenvalue weighted by Gasteiger charge is -2.21. The first-order chi connectivity index (χ1) is 8.13. The number of carbonyl (C=O) groups is 1. The second-order valence-corrected chi connectivity index (χ2v) is 4.35. The first kappa shape index (κ1) is 14.3. The maximum absolute atomic E-state index is 12.2. The maximum Gasteiger partial charge on any atom is 0.255 e. The zero-order valence-electron chi connectivity index (χ0n) is 9.87. The van der Waals surface area contributed by atoms with Crippen molar-refractivity contribution in [2.24, 2.45) is 5.92 Å². The molecule has 1 saturated heterocycles. The molecule has 1 aliphatic heterocycles. The molecule has 0 aliphatic carbocycles. The Labute approximate surface area is 100.0 Å². The predicted octanol–water partition coefficient (Wildman–Crippen LogP) is 0.462. The number of hydrogen-bond acceptors (Lipinski definition) is 3. The molecule has 0 aromatic rings. The molecule has 0 aromatic carbocycles. The van der Waals surface area contributed by atoms with Crippen LogP contribution < -0.4 is 5.32 Å². The van der Waals surface area contributed by atoms with Gasteiger partial charge in [0.15, 0.2) is 0 Å². The van der Waals surface area contributed by atoms with Gasteiger partial charge in [0, 0.05) is 13.0 Å². The Bertz CT molecular complexity index is 234. The summed E-state index contributed by atoms with van der Waals surface area (Å²) in [6.07, 6.45) is -0.475. The minimum absolute atomic E-state index is 0.00785. The molecule has 17 heavy (non-hydrogen) atoms. The van der Waals surface area contributed by atoms with Crippen molar-refractivity contribution in [3.05, 3.63) is 0 Å². The largest absolute Gasteiger partial charge is 0.395 e. The normalized spacial score (nSPS) is 19.9. The van der Waals surface area contributed by atoms with E-state index in [1.807, 2.05) is 0 Å². The van der Waals surface area contributed by atoms with E-state index < -0.39 is 13.0 Å². The van der Waals surface area contributed by atoms with Gasteiger partial charge in [-0.15, -0.1) is 0 Å².